The van der Waals surface area contributed by atoms with Gasteiger partial charge in [0.15, 0.2) is 0 Å². The number of ether oxygens (including phenoxy) is 1. The Morgan fingerprint density at radius 2 is 1.89 bits per heavy atom. The molecule has 0 spiro atoms. The van der Waals surface area contributed by atoms with Gasteiger partial charge in [-0.15, -0.1) is 0 Å². The highest BCUT2D eigenvalue weighted by atomic mass is 35.5. The molecule has 2 N–H and O–H groups in total. The van der Waals surface area contributed by atoms with Crippen molar-refractivity contribution in [2.24, 2.45) is 0 Å². The van der Waals surface area contributed by atoms with Crippen LogP contribution in [0.25, 0.3) is 0 Å². The maximum atomic E-state index is 13.2. The molecule has 0 amide bonds. The van der Waals surface area contributed by atoms with Crippen LogP contribution in [0.15, 0.2) is 36.4 Å². The minimum absolute atomic E-state index is 0.0209. The Morgan fingerprint density at radius 3 is 2.61 bits per heavy atom. The minimum Gasteiger partial charge on any atom is -0.489 e. The third-order valence-corrected chi connectivity index (χ3v) is 2.70. The summed E-state index contributed by atoms with van der Waals surface area (Å²) >= 11 is 5.54. The van der Waals surface area contributed by atoms with E-state index in [1.165, 1.54) is 30.3 Å². The number of halogens is 3. The van der Waals surface area contributed by atoms with E-state index < -0.39 is 11.6 Å². The second kappa shape index (κ2) is 5.23. The largest absolute Gasteiger partial charge is 0.489 e. The Kier molecular flexibility index (Phi) is 3.67. The fourth-order valence-corrected chi connectivity index (χ4v) is 1.54. The quantitative estimate of drug-likeness (QED) is 0.861. The van der Waals surface area contributed by atoms with Crippen LogP contribution in [0.2, 0.25) is 5.02 Å². The van der Waals surface area contributed by atoms with E-state index in [1.807, 2.05) is 0 Å². The van der Waals surface area contributed by atoms with Crippen LogP contribution in [0.1, 0.15) is 5.56 Å². The zero-order chi connectivity index (χ0) is 13.1. The molecule has 0 heterocycles. The summed E-state index contributed by atoms with van der Waals surface area (Å²) in [4.78, 5) is 0. The molecule has 0 aliphatic rings. The molecular formula is C13H10ClF2NO. The Morgan fingerprint density at radius 1 is 1.11 bits per heavy atom. The normalized spacial score (nSPS) is 10.4. The van der Waals surface area contributed by atoms with Gasteiger partial charge in [0.2, 0.25) is 0 Å². The topological polar surface area (TPSA) is 35.2 Å². The summed E-state index contributed by atoms with van der Waals surface area (Å²) in [5, 5.41) is 0.0209. The number of benzene rings is 2. The summed E-state index contributed by atoms with van der Waals surface area (Å²) in [5.74, 6) is -0.660. The Labute approximate surface area is 108 Å². The third kappa shape index (κ3) is 2.90. The summed E-state index contributed by atoms with van der Waals surface area (Å²) in [6, 6.07) is 8.08. The summed E-state index contributed by atoms with van der Waals surface area (Å²) in [6.45, 7) is 0.0602. The van der Waals surface area contributed by atoms with Crippen molar-refractivity contribution in [2.45, 2.75) is 6.61 Å². The van der Waals surface area contributed by atoms with Gasteiger partial charge < -0.3 is 10.5 Å². The maximum Gasteiger partial charge on any atom is 0.145 e. The monoisotopic (exact) mass is 269 g/mol. The molecule has 0 saturated carbocycles. The molecule has 2 rings (SSSR count). The Balaban J connectivity index is 2.11. The average Bonchev–Trinajstić information content (AvgIpc) is 2.34. The molecule has 0 aliphatic carbocycles. The Bertz CT molecular complexity index is 575. The van der Waals surface area contributed by atoms with Crippen molar-refractivity contribution in [3.63, 3.8) is 0 Å². The zero-order valence-electron chi connectivity index (χ0n) is 9.29. The SMILES string of the molecule is Nc1ccc(F)cc1COc1ccc(Cl)c(F)c1. The highest BCUT2D eigenvalue weighted by molar-refractivity contribution is 6.30. The lowest BCUT2D eigenvalue weighted by atomic mass is 10.2. The van der Waals surface area contributed by atoms with E-state index in [-0.39, 0.29) is 11.6 Å². The van der Waals surface area contributed by atoms with Crippen LogP contribution in [0.5, 0.6) is 5.75 Å². The third-order valence-electron chi connectivity index (χ3n) is 2.39. The highest BCUT2D eigenvalue weighted by Crippen LogP contribution is 2.22. The lowest BCUT2D eigenvalue weighted by Crippen LogP contribution is -2.01. The van der Waals surface area contributed by atoms with Gasteiger partial charge in [-0.2, -0.15) is 0 Å². The van der Waals surface area contributed by atoms with Gasteiger partial charge in [0, 0.05) is 17.3 Å². The predicted octanol–water partition coefficient (Wildman–Crippen LogP) is 3.78. The molecule has 0 bridgehead atoms. The second-order valence-electron chi connectivity index (χ2n) is 3.71. The van der Waals surface area contributed by atoms with E-state index in [2.05, 4.69) is 0 Å². The zero-order valence-corrected chi connectivity index (χ0v) is 10.0. The molecule has 94 valence electrons. The van der Waals surface area contributed by atoms with Gasteiger partial charge in [0.05, 0.1) is 5.02 Å². The van der Waals surface area contributed by atoms with Gasteiger partial charge in [-0.25, -0.2) is 8.78 Å². The standard InChI is InChI=1S/C13H10ClF2NO/c14-11-3-2-10(6-12(11)16)18-7-8-5-9(15)1-4-13(8)17/h1-6H,7,17H2. The van der Waals surface area contributed by atoms with E-state index in [0.717, 1.165) is 6.07 Å². The van der Waals surface area contributed by atoms with Crippen LogP contribution in [0.3, 0.4) is 0 Å². The summed E-state index contributed by atoms with van der Waals surface area (Å²) in [6.07, 6.45) is 0. The molecule has 2 nitrogen and oxygen atoms in total. The number of anilines is 1. The van der Waals surface area contributed by atoms with Crippen molar-refractivity contribution in [1.82, 2.24) is 0 Å². The first-order valence-electron chi connectivity index (χ1n) is 5.18. The molecule has 0 atom stereocenters. The van der Waals surface area contributed by atoms with Crippen LogP contribution in [0, 0.1) is 11.6 Å². The van der Waals surface area contributed by atoms with Gasteiger partial charge in [0.1, 0.15) is 24.0 Å². The molecule has 0 fully saturated rings. The summed E-state index contributed by atoms with van der Waals surface area (Å²) in [7, 11) is 0. The van der Waals surface area contributed by atoms with Crippen LogP contribution < -0.4 is 10.5 Å². The van der Waals surface area contributed by atoms with Crippen molar-refractivity contribution >= 4 is 17.3 Å². The maximum absolute atomic E-state index is 13.2. The number of rotatable bonds is 3. The first-order chi connectivity index (χ1) is 8.56. The smallest absolute Gasteiger partial charge is 0.145 e. The molecule has 2 aromatic carbocycles. The summed E-state index contributed by atoms with van der Waals surface area (Å²) < 4.78 is 31.5. The number of nitrogens with two attached hydrogens (primary N) is 1. The van der Waals surface area contributed by atoms with E-state index in [1.54, 1.807) is 0 Å². The van der Waals surface area contributed by atoms with Crippen molar-refractivity contribution in [3.05, 3.63) is 58.6 Å². The van der Waals surface area contributed by atoms with Crippen LogP contribution in [0.4, 0.5) is 14.5 Å². The highest BCUT2D eigenvalue weighted by Gasteiger charge is 2.05. The van der Waals surface area contributed by atoms with Gasteiger partial charge >= 0.3 is 0 Å². The van der Waals surface area contributed by atoms with Crippen molar-refractivity contribution in [1.29, 1.82) is 0 Å². The van der Waals surface area contributed by atoms with E-state index in [4.69, 9.17) is 22.1 Å². The van der Waals surface area contributed by atoms with Gasteiger partial charge in [-0.3, -0.25) is 0 Å². The lowest BCUT2D eigenvalue weighted by molar-refractivity contribution is 0.304. The van der Waals surface area contributed by atoms with Gasteiger partial charge in [-0.1, -0.05) is 11.6 Å². The predicted molar refractivity (Wildman–Crippen MR) is 66.6 cm³/mol. The molecule has 0 saturated heterocycles. The Hall–Kier alpha value is -1.81. The fraction of sp³-hybridized carbons (Fsp3) is 0.0769. The molecule has 0 unspecified atom stereocenters. The molecule has 2 aromatic rings. The number of hydrogen-bond donors (Lipinski definition) is 1. The van der Waals surface area contributed by atoms with E-state index >= 15 is 0 Å². The minimum atomic E-state index is -0.568. The molecule has 0 aliphatic heterocycles. The van der Waals surface area contributed by atoms with Crippen LogP contribution >= 0.6 is 11.6 Å². The van der Waals surface area contributed by atoms with E-state index in [0.29, 0.717) is 17.0 Å². The van der Waals surface area contributed by atoms with Crippen LogP contribution in [-0.4, -0.2) is 0 Å². The van der Waals surface area contributed by atoms with Crippen molar-refractivity contribution < 1.29 is 13.5 Å². The molecule has 18 heavy (non-hydrogen) atoms. The number of hydrogen-bond acceptors (Lipinski definition) is 2. The fourth-order valence-electron chi connectivity index (χ4n) is 1.43. The second-order valence-corrected chi connectivity index (χ2v) is 4.11. The van der Waals surface area contributed by atoms with Gasteiger partial charge in [0.25, 0.3) is 0 Å². The lowest BCUT2D eigenvalue weighted by Gasteiger charge is -2.09. The number of nitrogen functional groups attached to an aromatic ring is 1. The van der Waals surface area contributed by atoms with Crippen molar-refractivity contribution in [2.75, 3.05) is 5.73 Å². The summed E-state index contributed by atoms with van der Waals surface area (Å²) in [5.41, 5.74) is 6.59. The molecule has 0 aromatic heterocycles. The van der Waals surface area contributed by atoms with E-state index in [9.17, 15) is 8.78 Å². The molecule has 5 heteroatoms. The van der Waals surface area contributed by atoms with Crippen LogP contribution in [-0.2, 0) is 6.61 Å². The van der Waals surface area contributed by atoms with Crippen molar-refractivity contribution in [3.8, 4) is 5.75 Å². The van der Waals surface area contributed by atoms with Gasteiger partial charge in [-0.05, 0) is 30.3 Å². The average molecular weight is 270 g/mol. The molecular weight excluding hydrogens is 260 g/mol. The molecule has 0 radical (unpaired) electrons. The first-order valence-corrected chi connectivity index (χ1v) is 5.56. The first kappa shape index (κ1) is 12.6.